The number of rotatable bonds is 4. The molecule has 0 bridgehead atoms. The van der Waals surface area contributed by atoms with Gasteiger partial charge in [0.05, 0.1) is 21.7 Å². The summed E-state index contributed by atoms with van der Waals surface area (Å²) in [5.41, 5.74) is -1.37. The topological polar surface area (TPSA) is 51.1 Å². The van der Waals surface area contributed by atoms with Crippen LogP contribution in [-0.2, 0) is 17.5 Å². The van der Waals surface area contributed by atoms with E-state index >= 15 is 0 Å². The number of benzene rings is 1. The largest absolute Gasteiger partial charge is 0.417 e. The van der Waals surface area contributed by atoms with Crippen molar-refractivity contribution in [2.75, 3.05) is 0 Å². The molecule has 1 aromatic heterocycles. The molecule has 2 rings (SSSR count). The SMILES string of the molecule is C[C@H](NC(=O)Cn1cc(C(F)(F)F)cc(Cl)c1=O)c1ccc(Cl)c(Cl)c1. The molecule has 0 saturated heterocycles. The minimum absolute atomic E-state index is 0.297. The fourth-order valence-electron chi connectivity index (χ4n) is 2.18. The van der Waals surface area contributed by atoms with Gasteiger partial charge in [0.15, 0.2) is 0 Å². The fourth-order valence-corrected chi connectivity index (χ4v) is 2.71. The van der Waals surface area contributed by atoms with Crippen molar-refractivity contribution in [3.05, 3.63) is 67.0 Å². The molecule has 1 aromatic carbocycles. The number of alkyl halides is 3. The molecule has 0 saturated carbocycles. The van der Waals surface area contributed by atoms with Crippen molar-refractivity contribution in [2.24, 2.45) is 0 Å². The van der Waals surface area contributed by atoms with Gasteiger partial charge in [-0.2, -0.15) is 13.2 Å². The van der Waals surface area contributed by atoms with Gasteiger partial charge in [-0.05, 0) is 30.7 Å². The average Bonchev–Trinajstić information content (AvgIpc) is 2.53. The summed E-state index contributed by atoms with van der Waals surface area (Å²) >= 11 is 17.3. The van der Waals surface area contributed by atoms with E-state index in [9.17, 15) is 22.8 Å². The highest BCUT2D eigenvalue weighted by Crippen LogP contribution is 2.29. The quantitative estimate of drug-likeness (QED) is 0.769. The second-order valence-corrected chi connectivity index (χ2v) is 6.69. The van der Waals surface area contributed by atoms with Crippen LogP contribution in [0.25, 0.3) is 0 Å². The number of nitrogens with zero attached hydrogens (tertiary/aromatic N) is 1. The number of hydrogen-bond acceptors (Lipinski definition) is 2. The van der Waals surface area contributed by atoms with Gasteiger partial charge in [-0.15, -0.1) is 0 Å². The molecule has 0 unspecified atom stereocenters. The minimum atomic E-state index is -4.69. The molecule has 0 aliphatic rings. The van der Waals surface area contributed by atoms with E-state index in [1.165, 1.54) is 0 Å². The van der Waals surface area contributed by atoms with E-state index < -0.39 is 40.8 Å². The summed E-state index contributed by atoms with van der Waals surface area (Å²) in [6.45, 7) is 1.04. The number of pyridine rings is 1. The average molecular weight is 428 g/mol. The number of nitrogens with one attached hydrogen (secondary N) is 1. The monoisotopic (exact) mass is 426 g/mol. The van der Waals surface area contributed by atoms with Crippen molar-refractivity contribution in [1.82, 2.24) is 9.88 Å². The molecular formula is C16H12Cl3F3N2O2. The summed E-state index contributed by atoms with van der Waals surface area (Å²) in [6, 6.07) is 4.78. The van der Waals surface area contributed by atoms with Crippen LogP contribution < -0.4 is 10.9 Å². The lowest BCUT2D eigenvalue weighted by Gasteiger charge is -2.16. The van der Waals surface area contributed by atoms with Crippen LogP contribution in [0, 0.1) is 0 Å². The Kier molecular flexibility index (Phi) is 6.26. The van der Waals surface area contributed by atoms with Crippen molar-refractivity contribution < 1.29 is 18.0 Å². The maximum absolute atomic E-state index is 12.8. The van der Waals surface area contributed by atoms with Gasteiger partial charge < -0.3 is 9.88 Å². The van der Waals surface area contributed by atoms with Crippen molar-refractivity contribution in [3.8, 4) is 0 Å². The first-order valence-electron chi connectivity index (χ1n) is 7.20. The van der Waals surface area contributed by atoms with Gasteiger partial charge in [0, 0.05) is 6.20 Å². The number of amides is 1. The Morgan fingerprint density at radius 2 is 1.81 bits per heavy atom. The Balaban J connectivity index is 2.18. The zero-order chi connectivity index (χ0) is 19.6. The van der Waals surface area contributed by atoms with Crippen LogP contribution in [0.5, 0.6) is 0 Å². The molecule has 1 atom stereocenters. The molecule has 26 heavy (non-hydrogen) atoms. The van der Waals surface area contributed by atoms with Crippen molar-refractivity contribution in [2.45, 2.75) is 25.7 Å². The second kappa shape index (κ2) is 7.90. The van der Waals surface area contributed by atoms with Crippen LogP contribution in [0.15, 0.2) is 35.3 Å². The third-order valence-electron chi connectivity index (χ3n) is 3.50. The Bertz CT molecular complexity index is 897. The number of halogens is 6. The summed E-state index contributed by atoms with van der Waals surface area (Å²) in [4.78, 5) is 24.0. The van der Waals surface area contributed by atoms with Crippen LogP contribution >= 0.6 is 34.8 Å². The van der Waals surface area contributed by atoms with Gasteiger partial charge in [-0.1, -0.05) is 40.9 Å². The molecule has 0 spiro atoms. The molecule has 0 aliphatic heterocycles. The van der Waals surface area contributed by atoms with E-state index in [4.69, 9.17) is 34.8 Å². The number of carbonyl (C=O) groups excluding carboxylic acids is 1. The lowest BCUT2D eigenvalue weighted by molar-refractivity contribution is -0.138. The van der Waals surface area contributed by atoms with Crippen LogP contribution in [-0.4, -0.2) is 10.5 Å². The standard InChI is InChI=1S/C16H12Cl3F3N2O2/c1-8(9-2-3-11(17)12(18)4-9)23-14(25)7-24-6-10(16(20,21)22)5-13(19)15(24)26/h2-6,8H,7H2,1H3,(H,23,25)/t8-/m0/s1. The van der Waals surface area contributed by atoms with E-state index in [1.54, 1.807) is 25.1 Å². The molecule has 4 nitrogen and oxygen atoms in total. The predicted molar refractivity (Wildman–Crippen MR) is 93.7 cm³/mol. The molecule has 1 heterocycles. The third-order valence-corrected chi connectivity index (χ3v) is 4.51. The zero-order valence-electron chi connectivity index (χ0n) is 13.2. The fraction of sp³-hybridized carbons (Fsp3) is 0.250. The van der Waals surface area contributed by atoms with Gasteiger partial charge in [-0.3, -0.25) is 9.59 Å². The smallest absolute Gasteiger partial charge is 0.348 e. The molecule has 0 aliphatic carbocycles. The molecular weight excluding hydrogens is 416 g/mol. The first-order valence-corrected chi connectivity index (χ1v) is 8.34. The maximum Gasteiger partial charge on any atom is 0.417 e. The van der Waals surface area contributed by atoms with Gasteiger partial charge in [-0.25, -0.2) is 0 Å². The Labute approximate surface area is 161 Å². The minimum Gasteiger partial charge on any atom is -0.348 e. The van der Waals surface area contributed by atoms with Crippen LogP contribution in [0.3, 0.4) is 0 Å². The second-order valence-electron chi connectivity index (χ2n) is 5.47. The summed E-state index contributed by atoms with van der Waals surface area (Å²) in [7, 11) is 0. The first kappa shape index (κ1) is 20.6. The highest BCUT2D eigenvalue weighted by molar-refractivity contribution is 6.42. The van der Waals surface area contributed by atoms with Gasteiger partial charge in [0.25, 0.3) is 5.56 Å². The van der Waals surface area contributed by atoms with E-state index in [-0.39, 0.29) is 0 Å². The van der Waals surface area contributed by atoms with Crippen molar-refractivity contribution >= 4 is 40.7 Å². The zero-order valence-corrected chi connectivity index (χ0v) is 15.5. The normalized spacial score (nSPS) is 12.7. The van der Waals surface area contributed by atoms with Crippen LogP contribution in [0.1, 0.15) is 24.1 Å². The Hall–Kier alpha value is -1.70. The molecule has 2 aromatic rings. The van der Waals surface area contributed by atoms with E-state index in [0.717, 1.165) is 0 Å². The van der Waals surface area contributed by atoms with E-state index in [0.29, 0.717) is 32.4 Å². The predicted octanol–water partition coefficient (Wildman–Crippen LogP) is 4.70. The summed E-state index contributed by atoms with van der Waals surface area (Å²) in [5, 5.41) is 2.60. The Morgan fingerprint density at radius 1 is 1.15 bits per heavy atom. The van der Waals surface area contributed by atoms with E-state index in [1.807, 2.05) is 0 Å². The lowest BCUT2D eigenvalue weighted by atomic mass is 10.1. The summed E-state index contributed by atoms with van der Waals surface area (Å²) < 4.78 is 39.1. The molecule has 10 heteroatoms. The maximum atomic E-state index is 12.8. The Morgan fingerprint density at radius 3 is 2.38 bits per heavy atom. The lowest BCUT2D eigenvalue weighted by Crippen LogP contribution is -2.34. The molecule has 1 amide bonds. The van der Waals surface area contributed by atoms with Crippen molar-refractivity contribution in [3.63, 3.8) is 0 Å². The van der Waals surface area contributed by atoms with E-state index in [2.05, 4.69) is 5.32 Å². The van der Waals surface area contributed by atoms with Crippen LogP contribution in [0.2, 0.25) is 15.1 Å². The summed E-state index contributed by atoms with van der Waals surface area (Å²) in [6.07, 6.45) is -4.14. The van der Waals surface area contributed by atoms with Gasteiger partial charge >= 0.3 is 6.18 Å². The molecule has 1 N–H and O–H groups in total. The number of carbonyl (C=O) groups is 1. The van der Waals surface area contributed by atoms with Gasteiger partial charge in [0.2, 0.25) is 5.91 Å². The number of hydrogen-bond donors (Lipinski definition) is 1. The number of aromatic nitrogens is 1. The van der Waals surface area contributed by atoms with Crippen LogP contribution in [0.4, 0.5) is 13.2 Å². The highest BCUT2D eigenvalue weighted by atomic mass is 35.5. The van der Waals surface area contributed by atoms with Gasteiger partial charge in [0.1, 0.15) is 11.6 Å². The molecule has 0 radical (unpaired) electrons. The third kappa shape index (κ3) is 4.93. The first-order chi connectivity index (χ1) is 12.0. The van der Waals surface area contributed by atoms with Crippen molar-refractivity contribution in [1.29, 1.82) is 0 Å². The highest BCUT2D eigenvalue weighted by Gasteiger charge is 2.32. The molecule has 140 valence electrons. The summed E-state index contributed by atoms with van der Waals surface area (Å²) in [5.74, 6) is -0.666. The molecule has 0 fully saturated rings.